The Morgan fingerprint density at radius 1 is 1.03 bits per heavy atom. The van der Waals surface area contributed by atoms with E-state index in [0.717, 1.165) is 59.2 Å². The molecule has 0 spiro atoms. The number of hydrogen-bond donors (Lipinski definition) is 1. The molecule has 3 heterocycles. The molecule has 0 bridgehead atoms. The number of thiazole rings is 1. The van der Waals surface area contributed by atoms with Gasteiger partial charge in [0.25, 0.3) is 0 Å². The van der Waals surface area contributed by atoms with E-state index in [1.165, 1.54) is 21.4 Å². The minimum atomic E-state index is -0.00833. The van der Waals surface area contributed by atoms with E-state index in [-0.39, 0.29) is 5.91 Å². The summed E-state index contributed by atoms with van der Waals surface area (Å²) >= 11 is 1.69. The molecule has 2 aliphatic rings. The number of nitrogens with one attached hydrogen (secondary N) is 1. The van der Waals surface area contributed by atoms with E-state index >= 15 is 0 Å². The molecule has 0 radical (unpaired) electrons. The van der Waals surface area contributed by atoms with Crippen molar-refractivity contribution in [3.8, 4) is 22.1 Å². The van der Waals surface area contributed by atoms with Crippen LogP contribution in [0.15, 0.2) is 54.6 Å². The highest BCUT2D eigenvalue weighted by Crippen LogP contribution is 2.35. The molecule has 0 fully saturated rings. The Balaban J connectivity index is 1.09. The summed E-state index contributed by atoms with van der Waals surface area (Å²) in [5, 5.41) is 4.03. The van der Waals surface area contributed by atoms with Crippen molar-refractivity contribution < 1.29 is 14.3 Å². The lowest BCUT2D eigenvalue weighted by molar-refractivity contribution is -0.117. The Morgan fingerprint density at radius 2 is 1.80 bits per heavy atom. The first-order chi connectivity index (χ1) is 17.1. The number of nitrogens with zero attached hydrogens (tertiary/aromatic N) is 2. The van der Waals surface area contributed by atoms with Gasteiger partial charge in [-0.05, 0) is 78.6 Å². The summed E-state index contributed by atoms with van der Waals surface area (Å²) in [6.45, 7) is 5.39. The molecule has 178 valence electrons. The standard InChI is InChI=1S/C28H27N3O3S/c1-18-3-8-23-26(13-18)35-28(30-23)19-4-6-22(7-5-19)29-27(32)17-31-10-9-20-14-24-25(15-21(20)16-31)34-12-2-11-33-24/h3-8,13-15H,2,9-12,16-17H2,1H3,(H,29,32). The molecule has 0 aliphatic carbocycles. The maximum absolute atomic E-state index is 12.8. The minimum absolute atomic E-state index is 0.00833. The monoisotopic (exact) mass is 485 g/mol. The Morgan fingerprint density at radius 3 is 2.60 bits per heavy atom. The highest BCUT2D eigenvalue weighted by Gasteiger charge is 2.22. The summed E-state index contributed by atoms with van der Waals surface area (Å²) in [6.07, 6.45) is 1.79. The first-order valence-electron chi connectivity index (χ1n) is 12.0. The van der Waals surface area contributed by atoms with Gasteiger partial charge in [0.05, 0.1) is 30.0 Å². The topological polar surface area (TPSA) is 63.7 Å². The zero-order valence-corrected chi connectivity index (χ0v) is 20.5. The summed E-state index contributed by atoms with van der Waals surface area (Å²) in [4.78, 5) is 19.7. The van der Waals surface area contributed by atoms with Crippen molar-refractivity contribution in [1.29, 1.82) is 0 Å². The predicted molar refractivity (Wildman–Crippen MR) is 139 cm³/mol. The number of rotatable bonds is 4. The molecule has 1 N–H and O–H groups in total. The van der Waals surface area contributed by atoms with Crippen LogP contribution in [0.2, 0.25) is 0 Å². The van der Waals surface area contributed by atoms with E-state index < -0.39 is 0 Å². The van der Waals surface area contributed by atoms with Gasteiger partial charge < -0.3 is 14.8 Å². The summed E-state index contributed by atoms with van der Waals surface area (Å²) in [5.41, 5.74) is 6.60. The summed E-state index contributed by atoms with van der Waals surface area (Å²) in [5.74, 6) is 1.65. The quantitative estimate of drug-likeness (QED) is 0.418. The fourth-order valence-corrected chi connectivity index (χ4v) is 5.73. The SMILES string of the molecule is Cc1ccc2nc(-c3ccc(NC(=O)CN4CCc5cc6c(cc5C4)OCCCO6)cc3)sc2c1. The molecule has 7 heteroatoms. The average molecular weight is 486 g/mol. The van der Waals surface area contributed by atoms with E-state index in [4.69, 9.17) is 14.5 Å². The van der Waals surface area contributed by atoms with Crippen LogP contribution in [0.3, 0.4) is 0 Å². The van der Waals surface area contributed by atoms with Crippen LogP contribution < -0.4 is 14.8 Å². The van der Waals surface area contributed by atoms with Crippen LogP contribution in [0.4, 0.5) is 5.69 Å². The average Bonchev–Trinajstić information content (AvgIpc) is 3.13. The third kappa shape index (κ3) is 4.74. The van der Waals surface area contributed by atoms with E-state index in [1.807, 2.05) is 24.3 Å². The van der Waals surface area contributed by atoms with Crippen LogP contribution in [0, 0.1) is 6.92 Å². The Bertz CT molecular complexity index is 1400. The van der Waals surface area contributed by atoms with E-state index in [0.29, 0.717) is 19.8 Å². The maximum atomic E-state index is 12.8. The third-order valence-corrected chi connectivity index (χ3v) is 7.56. The van der Waals surface area contributed by atoms with E-state index in [9.17, 15) is 4.79 Å². The number of carbonyl (C=O) groups is 1. The smallest absolute Gasteiger partial charge is 0.238 e. The second kappa shape index (κ2) is 9.32. The number of fused-ring (bicyclic) bond motifs is 3. The molecule has 3 aromatic carbocycles. The molecule has 1 aromatic heterocycles. The number of ether oxygens (including phenoxy) is 2. The lowest BCUT2D eigenvalue weighted by atomic mass is 9.99. The zero-order chi connectivity index (χ0) is 23.8. The van der Waals surface area contributed by atoms with Crippen LogP contribution in [0.5, 0.6) is 11.5 Å². The third-order valence-electron chi connectivity index (χ3n) is 6.49. The lowest BCUT2D eigenvalue weighted by Crippen LogP contribution is -2.37. The van der Waals surface area contributed by atoms with Gasteiger partial charge in [-0.25, -0.2) is 4.98 Å². The zero-order valence-electron chi connectivity index (χ0n) is 19.7. The molecule has 0 saturated carbocycles. The fraction of sp³-hybridized carbons (Fsp3) is 0.286. The van der Waals surface area contributed by atoms with Gasteiger partial charge in [-0.15, -0.1) is 11.3 Å². The van der Waals surface area contributed by atoms with Crippen LogP contribution in [0.25, 0.3) is 20.8 Å². The number of anilines is 1. The van der Waals surface area contributed by atoms with Crippen molar-refractivity contribution >= 4 is 33.1 Å². The van der Waals surface area contributed by atoms with Gasteiger partial charge in [0.2, 0.25) is 5.91 Å². The molecule has 4 aromatic rings. The van der Waals surface area contributed by atoms with Crippen molar-refractivity contribution in [2.24, 2.45) is 0 Å². The van der Waals surface area contributed by atoms with Crippen molar-refractivity contribution in [2.45, 2.75) is 26.3 Å². The summed E-state index contributed by atoms with van der Waals surface area (Å²) in [6, 6.07) is 18.4. The Hall–Kier alpha value is -3.42. The van der Waals surface area contributed by atoms with Crippen molar-refractivity contribution in [1.82, 2.24) is 9.88 Å². The summed E-state index contributed by atoms with van der Waals surface area (Å²) < 4.78 is 12.9. The van der Waals surface area contributed by atoms with Crippen molar-refractivity contribution in [2.75, 3.05) is 31.6 Å². The number of hydrogen-bond acceptors (Lipinski definition) is 6. The van der Waals surface area contributed by atoms with E-state index in [1.54, 1.807) is 11.3 Å². The number of amides is 1. The summed E-state index contributed by atoms with van der Waals surface area (Å²) in [7, 11) is 0. The number of aryl methyl sites for hydroxylation is 1. The lowest BCUT2D eigenvalue weighted by Gasteiger charge is -2.29. The molecule has 6 nitrogen and oxygen atoms in total. The van der Waals surface area contributed by atoms with Gasteiger partial charge in [0.1, 0.15) is 5.01 Å². The van der Waals surface area contributed by atoms with Gasteiger partial charge in [-0.3, -0.25) is 9.69 Å². The fourth-order valence-electron chi connectivity index (χ4n) is 4.66. The van der Waals surface area contributed by atoms with Crippen molar-refractivity contribution in [3.05, 3.63) is 71.3 Å². The number of benzene rings is 3. The Kier molecular flexibility index (Phi) is 5.88. The van der Waals surface area contributed by atoms with Crippen LogP contribution in [-0.2, 0) is 17.8 Å². The minimum Gasteiger partial charge on any atom is -0.490 e. The molecular weight excluding hydrogens is 458 g/mol. The molecule has 1 amide bonds. The number of aromatic nitrogens is 1. The van der Waals surface area contributed by atoms with Gasteiger partial charge >= 0.3 is 0 Å². The van der Waals surface area contributed by atoms with Crippen molar-refractivity contribution in [3.63, 3.8) is 0 Å². The van der Waals surface area contributed by atoms with Crippen LogP contribution in [-0.4, -0.2) is 42.1 Å². The highest BCUT2D eigenvalue weighted by molar-refractivity contribution is 7.21. The second-order valence-corrected chi connectivity index (χ2v) is 10.2. The van der Waals surface area contributed by atoms with Gasteiger partial charge in [0, 0.05) is 30.8 Å². The molecular formula is C28H27N3O3S. The maximum Gasteiger partial charge on any atom is 0.238 e. The first kappa shape index (κ1) is 22.1. The molecule has 2 aliphatic heterocycles. The molecule has 6 rings (SSSR count). The van der Waals surface area contributed by atoms with Gasteiger partial charge in [0.15, 0.2) is 11.5 Å². The predicted octanol–water partition coefficient (Wildman–Crippen LogP) is 5.43. The Labute approximate surface area is 208 Å². The molecule has 0 saturated heterocycles. The largest absolute Gasteiger partial charge is 0.490 e. The van der Waals surface area contributed by atoms with Crippen LogP contribution in [0.1, 0.15) is 23.1 Å². The molecule has 35 heavy (non-hydrogen) atoms. The van der Waals surface area contributed by atoms with Crippen LogP contribution >= 0.6 is 11.3 Å². The molecule has 0 unspecified atom stereocenters. The first-order valence-corrected chi connectivity index (χ1v) is 12.8. The normalized spacial score (nSPS) is 15.5. The highest BCUT2D eigenvalue weighted by atomic mass is 32.1. The van der Waals surface area contributed by atoms with E-state index in [2.05, 4.69) is 47.5 Å². The van der Waals surface area contributed by atoms with Gasteiger partial charge in [-0.1, -0.05) is 6.07 Å². The number of carbonyl (C=O) groups excluding carboxylic acids is 1. The van der Waals surface area contributed by atoms with Gasteiger partial charge in [-0.2, -0.15) is 0 Å². The molecule has 0 atom stereocenters. The second-order valence-electron chi connectivity index (χ2n) is 9.19.